The minimum Gasteiger partial charge on any atom is -0.478 e. The lowest BCUT2D eigenvalue weighted by molar-refractivity contribution is 0.0696. The highest BCUT2D eigenvalue weighted by Gasteiger charge is 2.23. The molecule has 1 aromatic carbocycles. The molecule has 0 amide bonds. The van der Waals surface area contributed by atoms with Crippen LogP contribution in [0.2, 0.25) is 0 Å². The Kier molecular flexibility index (Phi) is 4.38. The molecule has 0 saturated carbocycles. The van der Waals surface area contributed by atoms with E-state index >= 15 is 0 Å². The minimum atomic E-state index is -3.99. The van der Waals surface area contributed by atoms with Gasteiger partial charge in [-0.3, -0.25) is 0 Å². The molecule has 0 unspecified atom stereocenters. The lowest BCUT2D eigenvalue weighted by Crippen LogP contribution is -2.09. The van der Waals surface area contributed by atoms with Crippen LogP contribution >= 0.6 is 11.3 Å². The summed E-state index contributed by atoms with van der Waals surface area (Å²) >= 11 is 1.33. The molecule has 8 heteroatoms. The Morgan fingerprint density at radius 3 is 2.71 bits per heavy atom. The molecule has 1 heterocycles. The number of carboxylic acids is 1. The Balaban J connectivity index is 2.39. The molecule has 2 rings (SSSR count). The quantitative estimate of drug-likeness (QED) is 0.911. The fourth-order valence-electron chi connectivity index (χ4n) is 1.72. The summed E-state index contributed by atoms with van der Waals surface area (Å²) in [4.78, 5) is 14.4. The molecule has 0 atom stereocenters. The van der Waals surface area contributed by atoms with Crippen LogP contribution in [0.15, 0.2) is 28.5 Å². The van der Waals surface area contributed by atoms with Crippen LogP contribution < -0.4 is 0 Å². The number of rotatable bonds is 5. The van der Waals surface area contributed by atoms with Gasteiger partial charge >= 0.3 is 5.97 Å². The molecule has 0 spiro atoms. The van der Waals surface area contributed by atoms with E-state index in [4.69, 9.17) is 5.11 Å². The SMILES string of the molecule is CCc1nc(CS(=O)(=O)c2cc(C(=O)O)ccc2F)cs1. The van der Waals surface area contributed by atoms with E-state index in [1.165, 1.54) is 11.3 Å². The predicted octanol–water partition coefficient (Wildman–Crippen LogP) is 2.52. The standard InChI is InChI=1S/C13H12FNO4S2/c1-2-12-15-9(6-20-12)7-21(18,19)11-5-8(13(16)17)3-4-10(11)14/h3-6H,2,7H2,1H3,(H,16,17). The summed E-state index contributed by atoms with van der Waals surface area (Å²) in [5.41, 5.74) is 0.0551. The summed E-state index contributed by atoms with van der Waals surface area (Å²) in [7, 11) is -3.99. The van der Waals surface area contributed by atoms with Gasteiger partial charge in [0, 0.05) is 5.38 Å². The summed E-state index contributed by atoms with van der Waals surface area (Å²) in [6.45, 7) is 1.90. The zero-order valence-electron chi connectivity index (χ0n) is 11.0. The van der Waals surface area contributed by atoms with Crippen LogP contribution in [0.3, 0.4) is 0 Å². The maximum Gasteiger partial charge on any atom is 0.335 e. The fraction of sp³-hybridized carbons (Fsp3) is 0.231. The molecule has 0 saturated heterocycles. The Labute approximate surface area is 125 Å². The van der Waals surface area contributed by atoms with Crippen LogP contribution in [0.4, 0.5) is 4.39 Å². The van der Waals surface area contributed by atoms with E-state index in [1.54, 1.807) is 5.38 Å². The van der Waals surface area contributed by atoms with Crippen molar-refractivity contribution in [3.63, 3.8) is 0 Å². The van der Waals surface area contributed by atoms with Crippen LogP contribution in [0.25, 0.3) is 0 Å². The number of aryl methyl sites for hydroxylation is 1. The van der Waals surface area contributed by atoms with Gasteiger partial charge in [-0.25, -0.2) is 22.6 Å². The lowest BCUT2D eigenvalue weighted by atomic mass is 10.2. The minimum absolute atomic E-state index is 0.275. The topological polar surface area (TPSA) is 84.3 Å². The van der Waals surface area contributed by atoms with Crippen molar-refractivity contribution in [2.75, 3.05) is 0 Å². The first-order valence-electron chi connectivity index (χ1n) is 6.02. The van der Waals surface area contributed by atoms with Crippen LogP contribution in [0, 0.1) is 5.82 Å². The molecule has 0 bridgehead atoms. The summed E-state index contributed by atoms with van der Waals surface area (Å²) in [5, 5.41) is 11.3. The van der Waals surface area contributed by atoms with Gasteiger partial charge in [0.15, 0.2) is 9.84 Å². The van der Waals surface area contributed by atoms with E-state index in [0.29, 0.717) is 12.1 Å². The number of sulfone groups is 1. The molecule has 0 aliphatic heterocycles. The van der Waals surface area contributed by atoms with E-state index in [-0.39, 0.29) is 5.56 Å². The van der Waals surface area contributed by atoms with Gasteiger partial charge < -0.3 is 5.11 Å². The molecule has 1 aromatic heterocycles. The second-order valence-electron chi connectivity index (χ2n) is 4.30. The number of halogens is 1. The van der Waals surface area contributed by atoms with Crippen molar-refractivity contribution < 1.29 is 22.7 Å². The first kappa shape index (κ1) is 15.6. The van der Waals surface area contributed by atoms with Crippen LogP contribution in [-0.4, -0.2) is 24.5 Å². The van der Waals surface area contributed by atoms with Gasteiger partial charge in [-0.2, -0.15) is 0 Å². The molecule has 0 fully saturated rings. The van der Waals surface area contributed by atoms with Gasteiger partial charge in [-0.05, 0) is 24.6 Å². The zero-order chi connectivity index (χ0) is 15.6. The highest BCUT2D eigenvalue weighted by atomic mass is 32.2. The number of thiazole rings is 1. The third-order valence-corrected chi connectivity index (χ3v) is 5.45. The van der Waals surface area contributed by atoms with Gasteiger partial charge in [-0.1, -0.05) is 6.92 Å². The molecule has 0 aliphatic rings. The van der Waals surface area contributed by atoms with Crippen LogP contribution in [-0.2, 0) is 22.0 Å². The lowest BCUT2D eigenvalue weighted by Gasteiger charge is -2.05. The predicted molar refractivity (Wildman–Crippen MR) is 75.7 cm³/mol. The van der Waals surface area contributed by atoms with Gasteiger partial charge in [0.2, 0.25) is 0 Å². The summed E-state index contributed by atoms with van der Waals surface area (Å²) in [6, 6.07) is 2.70. The maximum atomic E-state index is 13.7. The van der Waals surface area contributed by atoms with Crippen molar-refractivity contribution >= 4 is 27.1 Å². The molecule has 0 aliphatic carbocycles. The number of hydrogen-bond donors (Lipinski definition) is 1. The monoisotopic (exact) mass is 329 g/mol. The van der Waals surface area contributed by atoms with E-state index in [2.05, 4.69) is 4.98 Å². The Bertz CT molecular complexity index is 783. The third kappa shape index (κ3) is 3.45. The number of hydrogen-bond acceptors (Lipinski definition) is 5. The van der Waals surface area contributed by atoms with Crippen molar-refractivity contribution in [1.29, 1.82) is 0 Å². The second kappa shape index (κ2) is 5.90. The largest absolute Gasteiger partial charge is 0.478 e. The van der Waals surface area contributed by atoms with Gasteiger partial charge in [0.05, 0.1) is 22.0 Å². The summed E-state index contributed by atoms with van der Waals surface area (Å²) in [5.74, 6) is -2.73. The molecule has 21 heavy (non-hydrogen) atoms. The number of aromatic carboxylic acids is 1. The van der Waals surface area contributed by atoms with Crippen molar-refractivity contribution in [3.8, 4) is 0 Å². The molecule has 0 radical (unpaired) electrons. The van der Waals surface area contributed by atoms with E-state index in [0.717, 1.165) is 23.2 Å². The van der Waals surface area contributed by atoms with E-state index in [9.17, 15) is 17.6 Å². The Morgan fingerprint density at radius 1 is 1.43 bits per heavy atom. The van der Waals surface area contributed by atoms with Crippen molar-refractivity contribution in [2.45, 2.75) is 24.0 Å². The van der Waals surface area contributed by atoms with Gasteiger partial charge in [0.1, 0.15) is 10.7 Å². The van der Waals surface area contributed by atoms with Gasteiger partial charge in [0.25, 0.3) is 0 Å². The zero-order valence-corrected chi connectivity index (χ0v) is 12.7. The van der Waals surface area contributed by atoms with E-state index < -0.39 is 32.3 Å². The summed E-state index contributed by atoms with van der Waals surface area (Å²) in [6.07, 6.45) is 0.688. The average Bonchev–Trinajstić information content (AvgIpc) is 2.85. The maximum absolute atomic E-state index is 13.7. The number of carboxylic acid groups (broad SMARTS) is 1. The van der Waals surface area contributed by atoms with E-state index in [1.807, 2.05) is 6.92 Å². The highest BCUT2D eigenvalue weighted by Crippen LogP contribution is 2.22. The second-order valence-corrected chi connectivity index (χ2v) is 7.20. The number of carbonyl (C=O) groups is 1. The third-order valence-electron chi connectivity index (χ3n) is 2.75. The first-order valence-corrected chi connectivity index (χ1v) is 8.55. The Hall–Kier alpha value is -1.80. The average molecular weight is 329 g/mol. The molecule has 112 valence electrons. The number of benzene rings is 1. The molecule has 2 aromatic rings. The number of aromatic nitrogens is 1. The van der Waals surface area contributed by atoms with Crippen LogP contribution in [0.5, 0.6) is 0 Å². The fourth-order valence-corrected chi connectivity index (χ4v) is 3.94. The van der Waals surface area contributed by atoms with Crippen molar-refractivity contribution in [3.05, 3.63) is 45.7 Å². The van der Waals surface area contributed by atoms with Crippen molar-refractivity contribution in [1.82, 2.24) is 4.98 Å². The molecule has 1 N–H and O–H groups in total. The smallest absolute Gasteiger partial charge is 0.335 e. The molecular weight excluding hydrogens is 317 g/mol. The number of nitrogens with zero attached hydrogens (tertiary/aromatic N) is 1. The summed E-state index contributed by atoms with van der Waals surface area (Å²) < 4.78 is 38.2. The Morgan fingerprint density at radius 2 is 2.14 bits per heavy atom. The van der Waals surface area contributed by atoms with Crippen molar-refractivity contribution in [2.24, 2.45) is 0 Å². The highest BCUT2D eigenvalue weighted by molar-refractivity contribution is 7.90. The first-order chi connectivity index (χ1) is 9.83. The van der Waals surface area contributed by atoms with Crippen LogP contribution in [0.1, 0.15) is 28.0 Å². The molecular formula is C13H12FNO4S2. The van der Waals surface area contributed by atoms with Gasteiger partial charge in [-0.15, -0.1) is 11.3 Å². The molecule has 5 nitrogen and oxygen atoms in total. The normalized spacial score (nSPS) is 11.5.